The van der Waals surface area contributed by atoms with E-state index in [2.05, 4.69) is 11.5 Å². The summed E-state index contributed by atoms with van der Waals surface area (Å²) in [6.45, 7) is 18.0. The summed E-state index contributed by atoms with van der Waals surface area (Å²) in [5.41, 5.74) is -2.56. The van der Waals surface area contributed by atoms with Gasteiger partial charge in [-0.3, -0.25) is 14.4 Å². The zero-order valence-electron chi connectivity index (χ0n) is 30.4. The highest BCUT2D eigenvalue weighted by Crippen LogP contribution is 2.42. The Morgan fingerprint density at radius 1 is 1.04 bits per heavy atom. The minimum Gasteiger partial charge on any atom is -0.458 e. The van der Waals surface area contributed by atoms with Crippen molar-refractivity contribution in [3.8, 4) is 0 Å². The van der Waals surface area contributed by atoms with Crippen molar-refractivity contribution in [1.82, 2.24) is 9.80 Å². The molecule has 47 heavy (non-hydrogen) atoms. The smallest absolute Gasteiger partial charge is 0.410 e. The number of hydrogen-bond donors (Lipinski definition) is 0. The molecular formula is C35H58N2O10. The van der Waals surface area contributed by atoms with E-state index in [1.54, 1.807) is 41.0 Å². The number of carbonyl (C=O) groups is 4. The molecule has 3 fully saturated rings. The SMILES string of the molecule is C=CCO[C@@]1(C)C[C@@H](C)C(=O)[C@H](C)[C@H]2N(C)C(=O)O[C@]2(C)[C@@H](CC)OC(=O)[C@H](C)C(=O)[C@H](C)[C@H]1O[C@@H]1O[C@H](C)C[C@H](N(C)C)[C@H]1OC. The molecule has 1 amide bonds. The van der Waals surface area contributed by atoms with E-state index in [0.717, 1.165) is 0 Å². The van der Waals surface area contributed by atoms with E-state index >= 15 is 0 Å². The van der Waals surface area contributed by atoms with Crippen molar-refractivity contribution < 1.29 is 47.6 Å². The Morgan fingerprint density at radius 3 is 2.23 bits per heavy atom. The lowest BCUT2D eigenvalue weighted by Gasteiger charge is -2.48. The van der Waals surface area contributed by atoms with Gasteiger partial charge in [-0.05, 0) is 61.1 Å². The molecule has 0 aromatic rings. The van der Waals surface area contributed by atoms with Crippen molar-refractivity contribution in [3.05, 3.63) is 12.7 Å². The molecule has 0 saturated carbocycles. The minimum atomic E-state index is -1.33. The number of amides is 1. The van der Waals surface area contributed by atoms with Crippen LogP contribution in [-0.4, -0.2) is 122 Å². The number of hydrogen-bond acceptors (Lipinski definition) is 11. The third-order valence-corrected chi connectivity index (χ3v) is 10.6. The highest BCUT2D eigenvalue weighted by Gasteiger charge is 2.59. The molecule has 0 aromatic carbocycles. The van der Waals surface area contributed by atoms with Gasteiger partial charge in [-0.25, -0.2) is 4.79 Å². The number of ketones is 2. The van der Waals surface area contributed by atoms with Crippen molar-refractivity contribution in [2.75, 3.05) is 34.9 Å². The van der Waals surface area contributed by atoms with E-state index in [1.807, 2.05) is 41.8 Å². The van der Waals surface area contributed by atoms with Gasteiger partial charge < -0.3 is 38.2 Å². The number of rotatable bonds is 8. The second-order valence-electron chi connectivity index (χ2n) is 14.4. The maximum absolute atomic E-state index is 14.3. The summed E-state index contributed by atoms with van der Waals surface area (Å²) in [6, 6.07) is -0.770. The van der Waals surface area contributed by atoms with Crippen LogP contribution >= 0.6 is 0 Å². The van der Waals surface area contributed by atoms with Crippen LogP contribution in [-0.2, 0) is 42.8 Å². The van der Waals surface area contributed by atoms with Crippen LogP contribution in [0, 0.1) is 23.7 Å². The topological polar surface area (TPSA) is 130 Å². The summed E-state index contributed by atoms with van der Waals surface area (Å²) in [6.07, 6.45) is -1.26. The third kappa shape index (κ3) is 7.77. The zero-order chi connectivity index (χ0) is 35.6. The van der Waals surface area contributed by atoms with E-state index in [9.17, 15) is 19.2 Å². The van der Waals surface area contributed by atoms with Gasteiger partial charge in [0.2, 0.25) is 0 Å². The Balaban J connectivity index is 2.18. The number of Topliss-reactive ketones (excluding diaryl/α,β-unsaturated/α-hetero) is 2. The monoisotopic (exact) mass is 666 g/mol. The average Bonchev–Trinajstić information content (AvgIpc) is 3.25. The summed E-state index contributed by atoms with van der Waals surface area (Å²) in [5.74, 6) is -4.66. The maximum Gasteiger partial charge on any atom is 0.410 e. The van der Waals surface area contributed by atoms with Gasteiger partial charge in [0, 0.05) is 38.0 Å². The molecule has 0 bridgehead atoms. The normalized spacial score (nSPS) is 42.5. The van der Waals surface area contributed by atoms with Gasteiger partial charge in [0.05, 0.1) is 30.5 Å². The quantitative estimate of drug-likeness (QED) is 0.212. The van der Waals surface area contributed by atoms with Gasteiger partial charge in [0.25, 0.3) is 0 Å². The van der Waals surface area contributed by atoms with E-state index < -0.39 is 83.4 Å². The van der Waals surface area contributed by atoms with Gasteiger partial charge in [0.15, 0.2) is 17.7 Å². The lowest BCUT2D eigenvalue weighted by molar-refractivity contribution is -0.300. The molecule has 3 saturated heterocycles. The Labute approximate surface area is 280 Å². The standard InChI is InChI=1S/C35H58N2O10/c1-14-16-43-34(8)18-19(3)26(38)21(5)29-35(9,47-33(41)37(29)12)25(15-2)45-31(40)23(7)27(39)22(6)30(34)46-32-28(42-13)24(36(10)11)17-20(4)44-32/h14,19-25,28-30,32H,1,15-18H2,2-13H3/t19-,20-,21+,22+,23-,24+,25-,28-,29-,30-,32+,34+,35-/m1/s1. The summed E-state index contributed by atoms with van der Waals surface area (Å²) in [4.78, 5) is 58.6. The molecular weight excluding hydrogens is 608 g/mol. The number of fused-ring (bicyclic) bond motifs is 1. The average molecular weight is 667 g/mol. The third-order valence-electron chi connectivity index (χ3n) is 10.6. The molecule has 12 heteroatoms. The molecule has 0 aromatic heterocycles. The molecule has 0 spiro atoms. The number of likely N-dealkylation sites (N-methyl/N-ethyl adjacent to an activating group) is 2. The van der Waals surface area contributed by atoms with Crippen molar-refractivity contribution in [2.24, 2.45) is 23.7 Å². The number of methoxy groups -OCH3 is 1. The molecule has 0 radical (unpaired) electrons. The summed E-state index contributed by atoms with van der Waals surface area (Å²) >= 11 is 0. The predicted octanol–water partition coefficient (Wildman–Crippen LogP) is 4.03. The van der Waals surface area contributed by atoms with Crippen LogP contribution in [0.5, 0.6) is 0 Å². The van der Waals surface area contributed by atoms with Gasteiger partial charge in [-0.15, -0.1) is 6.58 Å². The van der Waals surface area contributed by atoms with Crippen LogP contribution in [0.15, 0.2) is 12.7 Å². The van der Waals surface area contributed by atoms with Gasteiger partial charge in [0.1, 0.15) is 23.9 Å². The summed E-state index contributed by atoms with van der Waals surface area (Å²) < 4.78 is 37.3. The van der Waals surface area contributed by atoms with Crippen molar-refractivity contribution in [3.63, 3.8) is 0 Å². The largest absolute Gasteiger partial charge is 0.458 e. The fourth-order valence-corrected chi connectivity index (χ4v) is 8.07. The lowest BCUT2D eigenvalue weighted by atomic mass is 9.73. The molecule has 12 nitrogen and oxygen atoms in total. The summed E-state index contributed by atoms with van der Waals surface area (Å²) in [7, 11) is 7.11. The van der Waals surface area contributed by atoms with Gasteiger partial charge in [-0.2, -0.15) is 0 Å². The van der Waals surface area contributed by atoms with Gasteiger partial charge >= 0.3 is 12.1 Å². The van der Waals surface area contributed by atoms with Crippen molar-refractivity contribution in [1.29, 1.82) is 0 Å². The van der Waals surface area contributed by atoms with Crippen LogP contribution in [0.3, 0.4) is 0 Å². The van der Waals surface area contributed by atoms with E-state index in [0.29, 0.717) is 12.8 Å². The van der Waals surface area contributed by atoms with E-state index in [4.69, 9.17) is 28.4 Å². The first-order valence-electron chi connectivity index (χ1n) is 16.9. The van der Waals surface area contributed by atoms with Crippen molar-refractivity contribution >= 4 is 23.6 Å². The number of esters is 1. The fourth-order valence-electron chi connectivity index (χ4n) is 8.07. The van der Waals surface area contributed by atoms with Crippen LogP contribution < -0.4 is 0 Å². The molecule has 3 rings (SSSR count). The molecule has 3 heterocycles. The summed E-state index contributed by atoms with van der Waals surface area (Å²) in [5, 5.41) is 0. The first kappa shape index (κ1) is 39.1. The van der Waals surface area contributed by atoms with Crippen LogP contribution in [0.2, 0.25) is 0 Å². The van der Waals surface area contributed by atoms with E-state index in [-0.39, 0.29) is 31.0 Å². The molecule has 0 N–H and O–H groups in total. The predicted molar refractivity (Wildman–Crippen MR) is 175 cm³/mol. The maximum atomic E-state index is 14.3. The van der Waals surface area contributed by atoms with Crippen LogP contribution in [0.25, 0.3) is 0 Å². The molecule has 0 aliphatic carbocycles. The molecule has 268 valence electrons. The van der Waals surface area contributed by atoms with Crippen molar-refractivity contribution in [2.45, 2.75) is 129 Å². The first-order chi connectivity index (χ1) is 21.9. The molecule has 3 aliphatic heterocycles. The molecule has 3 aliphatic rings. The zero-order valence-corrected chi connectivity index (χ0v) is 30.4. The fraction of sp³-hybridized carbons (Fsp3) is 0.829. The second-order valence-corrected chi connectivity index (χ2v) is 14.4. The number of carbonyl (C=O) groups excluding carboxylic acids is 4. The number of ether oxygens (including phenoxy) is 6. The first-order valence-corrected chi connectivity index (χ1v) is 16.9. The molecule has 0 unspecified atom stereocenters. The Morgan fingerprint density at radius 2 is 1.68 bits per heavy atom. The van der Waals surface area contributed by atoms with Crippen LogP contribution in [0.4, 0.5) is 4.79 Å². The van der Waals surface area contributed by atoms with Gasteiger partial charge in [-0.1, -0.05) is 33.8 Å². The van der Waals surface area contributed by atoms with Crippen LogP contribution in [0.1, 0.15) is 74.7 Å². The molecule has 13 atom stereocenters. The Bertz CT molecular complexity index is 1160. The Hall–Kier alpha value is -2.38. The Kier molecular flexibility index (Phi) is 12.8. The second kappa shape index (κ2) is 15.4. The number of nitrogens with zero attached hydrogens (tertiary/aromatic N) is 2. The highest BCUT2D eigenvalue weighted by atomic mass is 16.7. The van der Waals surface area contributed by atoms with E-state index in [1.165, 1.54) is 11.8 Å². The lowest BCUT2D eigenvalue weighted by Crippen LogP contribution is -2.60. The minimum absolute atomic E-state index is 0.0394. The highest BCUT2D eigenvalue weighted by molar-refractivity contribution is 6.00. The number of cyclic esters (lactones) is 1.